The van der Waals surface area contributed by atoms with E-state index in [1.54, 1.807) is 37.4 Å². The van der Waals surface area contributed by atoms with Crippen LogP contribution in [0.25, 0.3) is 0 Å². The lowest BCUT2D eigenvalue weighted by Gasteiger charge is -2.21. The molecule has 0 aliphatic heterocycles. The topological polar surface area (TPSA) is 88.6 Å². The van der Waals surface area contributed by atoms with Gasteiger partial charge in [0.2, 0.25) is 15.9 Å². The van der Waals surface area contributed by atoms with Gasteiger partial charge >= 0.3 is 0 Å². The Morgan fingerprint density at radius 1 is 1.28 bits per heavy atom. The summed E-state index contributed by atoms with van der Waals surface area (Å²) in [5.41, 5.74) is 0.584. The molecule has 8 heteroatoms. The van der Waals surface area contributed by atoms with Crippen LogP contribution in [0.5, 0.6) is 5.75 Å². The third kappa shape index (κ3) is 4.15. The molecule has 1 heterocycles. The highest BCUT2D eigenvalue weighted by Gasteiger charge is 2.39. The summed E-state index contributed by atoms with van der Waals surface area (Å²) in [4.78, 5) is 16.3. The van der Waals surface area contributed by atoms with Crippen molar-refractivity contribution in [2.45, 2.75) is 23.8 Å². The molecule has 0 atom stereocenters. The molecule has 0 bridgehead atoms. The summed E-state index contributed by atoms with van der Waals surface area (Å²) < 4.78 is 31.9. The van der Waals surface area contributed by atoms with Gasteiger partial charge in [0.25, 0.3) is 0 Å². The lowest BCUT2D eigenvalue weighted by Crippen LogP contribution is -2.39. The van der Waals surface area contributed by atoms with Gasteiger partial charge in [0, 0.05) is 24.1 Å². The van der Waals surface area contributed by atoms with E-state index < -0.39 is 10.0 Å². The third-order valence-electron chi connectivity index (χ3n) is 3.87. The third-order valence-corrected chi connectivity index (χ3v) is 5.75. The van der Waals surface area contributed by atoms with Crippen LogP contribution in [0.15, 0.2) is 53.7 Å². The Morgan fingerprint density at radius 3 is 2.56 bits per heavy atom. The second kappa shape index (κ2) is 7.20. The first kappa shape index (κ1) is 17.4. The summed E-state index contributed by atoms with van der Waals surface area (Å²) >= 11 is 0. The second-order valence-corrected chi connectivity index (χ2v) is 7.64. The Balaban J connectivity index is 1.72. The monoisotopic (exact) mass is 361 g/mol. The number of carbonyl (C=O) groups excluding carboxylic acids is 1. The van der Waals surface area contributed by atoms with E-state index in [0.29, 0.717) is 11.4 Å². The van der Waals surface area contributed by atoms with Crippen LogP contribution in [-0.2, 0) is 14.8 Å². The number of pyridine rings is 1. The first-order chi connectivity index (χ1) is 12.0. The number of aromatic nitrogens is 1. The summed E-state index contributed by atoms with van der Waals surface area (Å²) in [6.07, 6.45) is 4.33. The van der Waals surface area contributed by atoms with Crippen molar-refractivity contribution in [3.8, 4) is 5.75 Å². The maximum absolute atomic E-state index is 12.8. The van der Waals surface area contributed by atoms with Gasteiger partial charge in [0.05, 0.1) is 13.7 Å². The molecule has 7 nitrogen and oxygen atoms in total. The van der Waals surface area contributed by atoms with E-state index in [1.165, 1.54) is 22.8 Å². The van der Waals surface area contributed by atoms with Gasteiger partial charge in [-0.15, -0.1) is 0 Å². The molecule has 1 aromatic carbocycles. The first-order valence-corrected chi connectivity index (χ1v) is 9.30. The molecule has 1 fully saturated rings. The average Bonchev–Trinajstić information content (AvgIpc) is 3.46. The quantitative estimate of drug-likeness (QED) is 0.813. The number of rotatable bonds is 7. The van der Waals surface area contributed by atoms with Crippen molar-refractivity contribution in [3.05, 3.63) is 48.8 Å². The van der Waals surface area contributed by atoms with Gasteiger partial charge in [0.1, 0.15) is 10.6 Å². The van der Waals surface area contributed by atoms with Crippen molar-refractivity contribution >= 4 is 21.6 Å². The number of ether oxygens (including phenoxy) is 1. The zero-order valence-electron chi connectivity index (χ0n) is 13.8. The molecule has 2 aromatic rings. The van der Waals surface area contributed by atoms with E-state index in [-0.39, 0.29) is 23.4 Å². The predicted octanol–water partition coefficient (Wildman–Crippen LogP) is 1.88. The summed E-state index contributed by atoms with van der Waals surface area (Å²) in [5, 5.41) is 2.71. The van der Waals surface area contributed by atoms with E-state index in [4.69, 9.17) is 4.74 Å². The van der Waals surface area contributed by atoms with Crippen LogP contribution in [0, 0.1) is 0 Å². The van der Waals surface area contributed by atoms with Crippen molar-refractivity contribution in [2.75, 3.05) is 19.0 Å². The normalized spacial score (nSPS) is 14.3. The second-order valence-electron chi connectivity index (χ2n) is 5.75. The van der Waals surface area contributed by atoms with Crippen molar-refractivity contribution < 1.29 is 17.9 Å². The van der Waals surface area contributed by atoms with Crippen molar-refractivity contribution in [1.29, 1.82) is 0 Å². The molecule has 25 heavy (non-hydrogen) atoms. The predicted molar refractivity (Wildman–Crippen MR) is 92.8 cm³/mol. The van der Waals surface area contributed by atoms with E-state index >= 15 is 0 Å². The van der Waals surface area contributed by atoms with Crippen LogP contribution in [-0.4, -0.2) is 43.3 Å². The number of nitrogens with one attached hydrogen (secondary N) is 1. The zero-order chi connectivity index (χ0) is 17.9. The largest absolute Gasteiger partial charge is 0.497 e. The highest BCUT2D eigenvalue weighted by Crippen LogP contribution is 2.31. The Kier molecular flexibility index (Phi) is 5.00. The fraction of sp³-hybridized carbons (Fsp3) is 0.294. The average molecular weight is 361 g/mol. The van der Waals surface area contributed by atoms with Gasteiger partial charge in [-0.2, -0.15) is 4.31 Å². The summed E-state index contributed by atoms with van der Waals surface area (Å²) in [5.74, 6) is 0.293. The van der Waals surface area contributed by atoms with Gasteiger partial charge in [-0.05, 0) is 49.2 Å². The zero-order valence-corrected chi connectivity index (χ0v) is 14.6. The smallest absolute Gasteiger partial charge is 0.245 e. The lowest BCUT2D eigenvalue weighted by atomic mass is 10.3. The minimum atomic E-state index is -3.75. The van der Waals surface area contributed by atoms with E-state index in [9.17, 15) is 13.2 Å². The van der Waals surface area contributed by atoms with Crippen LogP contribution in [0.4, 0.5) is 5.69 Å². The van der Waals surface area contributed by atoms with Gasteiger partial charge in [-0.25, -0.2) is 8.42 Å². The van der Waals surface area contributed by atoms with Crippen molar-refractivity contribution in [2.24, 2.45) is 0 Å². The van der Waals surface area contributed by atoms with Crippen LogP contribution in [0.2, 0.25) is 0 Å². The molecule has 0 unspecified atom stereocenters. The first-order valence-electron chi connectivity index (χ1n) is 7.86. The van der Waals surface area contributed by atoms with E-state index in [1.807, 2.05) is 0 Å². The van der Waals surface area contributed by atoms with Crippen LogP contribution >= 0.6 is 0 Å². The number of amides is 1. The molecule has 1 aliphatic carbocycles. The fourth-order valence-electron chi connectivity index (χ4n) is 2.42. The number of hydrogen-bond donors (Lipinski definition) is 1. The number of benzene rings is 1. The highest BCUT2D eigenvalue weighted by atomic mass is 32.2. The fourth-order valence-corrected chi connectivity index (χ4v) is 4.03. The molecule has 1 N–H and O–H groups in total. The SMILES string of the molecule is COc1ccc(NC(=O)CN(C2CC2)S(=O)(=O)c2cccnc2)cc1. The molecule has 0 saturated heterocycles. The molecular formula is C17H19N3O4S. The van der Waals surface area contributed by atoms with Crippen LogP contribution in [0.3, 0.4) is 0 Å². The van der Waals surface area contributed by atoms with Crippen molar-refractivity contribution in [1.82, 2.24) is 9.29 Å². The number of hydrogen-bond acceptors (Lipinski definition) is 5. The van der Waals surface area contributed by atoms with Crippen molar-refractivity contribution in [3.63, 3.8) is 0 Å². The molecule has 132 valence electrons. The highest BCUT2D eigenvalue weighted by molar-refractivity contribution is 7.89. The molecule has 0 spiro atoms. The summed E-state index contributed by atoms with van der Waals surface area (Å²) in [7, 11) is -2.19. The number of methoxy groups -OCH3 is 1. The van der Waals surface area contributed by atoms with Crippen LogP contribution < -0.4 is 10.1 Å². The molecule has 1 aliphatic rings. The number of sulfonamides is 1. The maximum Gasteiger partial charge on any atom is 0.245 e. The lowest BCUT2D eigenvalue weighted by molar-refractivity contribution is -0.116. The molecule has 0 radical (unpaired) electrons. The molecule has 1 aromatic heterocycles. The minimum Gasteiger partial charge on any atom is -0.497 e. The summed E-state index contributed by atoms with van der Waals surface area (Å²) in [6, 6.07) is 9.77. The number of anilines is 1. The van der Waals surface area contributed by atoms with Crippen LogP contribution in [0.1, 0.15) is 12.8 Å². The maximum atomic E-state index is 12.8. The molecule has 1 saturated carbocycles. The minimum absolute atomic E-state index is 0.0964. The Morgan fingerprint density at radius 2 is 2.00 bits per heavy atom. The Bertz CT molecular complexity index is 834. The molecule has 3 rings (SSSR count). The summed E-state index contributed by atoms with van der Waals surface area (Å²) in [6.45, 7) is -0.228. The van der Waals surface area contributed by atoms with Gasteiger partial charge in [-0.1, -0.05) is 0 Å². The number of nitrogens with zero attached hydrogens (tertiary/aromatic N) is 2. The Labute approximate surface area is 146 Å². The molecule has 1 amide bonds. The van der Waals surface area contributed by atoms with Gasteiger partial charge in [0.15, 0.2) is 0 Å². The van der Waals surface area contributed by atoms with Gasteiger partial charge < -0.3 is 10.1 Å². The van der Waals surface area contributed by atoms with E-state index in [2.05, 4.69) is 10.3 Å². The standard InChI is InChI=1S/C17H19N3O4S/c1-24-15-8-4-13(5-9-15)19-17(21)12-20(14-6-7-14)25(22,23)16-3-2-10-18-11-16/h2-5,8-11,14H,6-7,12H2,1H3,(H,19,21). The molecular weight excluding hydrogens is 342 g/mol. The number of carbonyl (C=O) groups is 1. The Hall–Kier alpha value is -2.45. The van der Waals surface area contributed by atoms with Gasteiger partial charge in [-0.3, -0.25) is 9.78 Å². The van der Waals surface area contributed by atoms with E-state index in [0.717, 1.165) is 12.8 Å².